The van der Waals surface area contributed by atoms with Crippen molar-refractivity contribution in [3.63, 3.8) is 0 Å². The number of anilines is 2. The van der Waals surface area contributed by atoms with Gasteiger partial charge in [-0.2, -0.15) is 38.2 Å². The van der Waals surface area contributed by atoms with Crippen molar-refractivity contribution in [2.24, 2.45) is 0 Å². The van der Waals surface area contributed by atoms with Gasteiger partial charge in [0.25, 0.3) is 46.4 Å². The number of benzene rings is 4. The number of carboxylic acids is 3. The van der Waals surface area contributed by atoms with Crippen LogP contribution >= 0.6 is 0 Å². The molecule has 0 unspecified atom stereocenters. The Morgan fingerprint density at radius 1 is 0.565 bits per heavy atom. The third-order valence-electron chi connectivity index (χ3n) is 23.6. The quantitative estimate of drug-likeness (QED) is 0.00973. The largest absolute Gasteiger partial charge is 0.480 e. The van der Waals surface area contributed by atoms with Gasteiger partial charge in [-0.25, -0.2) is 0 Å². The molecule has 1 aliphatic carbocycles. The summed E-state index contributed by atoms with van der Waals surface area (Å²) in [6.07, 6.45) is 12.6. The number of carbonyl (C=O) groups excluding carboxylic acids is 6. The van der Waals surface area contributed by atoms with Crippen LogP contribution in [-0.2, 0) is 89.7 Å². The summed E-state index contributed by atoms with van der Waals surface area (Å²) in [6, 6.07) is 17.5. The fourth-order valence-electron chi connectivity index (χ4n) is 16.7. The lowest BCUT2D eigenvalue weighted by molar-refractivity contribution is -0.438. The lowest BCUT2D eigenvalue weighted by atomic mass is 9.78. The Bertz CT molecular complexity index is 5450. The highest BCUT2D eigenvalue weighted by atomic mass is 32.2. The number of carboxylic acid groups (broad SMARTS) is 3. The van der Waals surface area contributed by atoms with Gasteiger partial charge in [-0.05, 0) is 212 Å². The van der Waals surface area contributed by atoms with Crippen molar-refractivity contribution in [2.45, 2.75) is 181 Å². The maximum absolute atomic E-state index is 14.2. The highest BCUT2D eigenvalue weighted by Gasteiger charge is 2.46. The van der Waals surface area contributed by atoms with E-state index in [0.717, 1.165) is 0 Å². The van der Waals surface area contributed by atoms with E-state index in [4.69, 9.17) is 4.74 Å². The number of nitrogens with zero attached hydrogens (tertiary/aromatic N) is 7. The van der Waals surface area contributed by atoms with E-state index in [2.05, 4.69) is 32.1 Å². The van der Waals surface area contributed by atoms with E-state index in [1.165, 1.54) is 84.6 Å². The smallest absolute Gasteiger partial charge is 0.475 e. The Balaban J connectivity index is 0.864. The third kappa shape index (κ3) is 30.8. The van der Waals surface area contributed by atoms with Gasteiger partial charge in [0, 0.05) is 138 Å². The number of hydrazine groups is 1. The van der Waals surface area contributed by atoms with E-state index in [1.54, 1.807) is 31.7 Å². The van der Waals surface area contributed by atoms with Crippen molar-refractivity contribution < 1.29 is 130 Å². The summed E-state index contributed by atoms with van der Waals surface area (Å²) in [5, 5.41) is 59.9. The molecule has 2 fully saturated rings. The molecule has 0 aromatic heterocycles. The second-order valence-electron chi connectivity index (χ2n) is 34.1. The van der Waals surface area contributed by atoms with Crippen LogP contribution in [0.3, 0.4) is 0 Å². The zero-order valence-corrected chi connectivity index (χ0v) is 77.1. The summed E-state index contributed by atoms with van der Waals surface area (Å²) >= 11 is 0. The Morgan fingerprint density at radius 2 is 1.13 bits per heavy atom. The Kier molecular flexibility index (Phi) is 37.3. The zero-order chi connectivity index (χ0) is 95.9. The summed E-state index contributed by atoms with van der Waals surface area (Å²) in [5.74, 6) is -7.09. The van der Waals surface area contributed by atoms with Gasteiger partial charge in [0.1, 0.15) is 30.1 Å². The molecule has 40 nitrogen and oxygen atoms in total. The predicted molar refractivity (Wildman–Crippen MR) is 483 cm³/mol. The van der Waals surface area contributed by atoms with Crippen LogP contribution in [0.15, 0.2) is 147 Å². The average molecular weight is 1910 g/mol. The molecular formula is C86H119BN13O27S4+. The Hall–Kier alpha value is -10.4. The van der Waals surface area contributed by atoms with Crippen LogP contribution in [0.25, 0.3) is 0 Å². The molecule has 9 rings (SSSR count). The van der Waals surface area contributed by atoms with Crippen LogP contribution in [0.2, 0.25) is 0 Å². The molecule has 0 bridgehead atoms. The van der Waals surface area contributed by atoms with Crippen molar-refractivity contribution in [1.82, 2.24) is 51.2 Å². The number of ether oxygens (including phenoxy) is 1. The molecule has 131 heavy (non-hydrogen) atoms. The minimum atomic E-state index is -4.68. The summed E-state index contributed by atoms with van der Waals surface area (Å²) in [6.45, 7) is 9.63. The molecule has 0 spiro atoms. The number of nitrogens with one attached hydrogen (secondary N) is 6. The normalized spacial score (nSPS) is 18.5. The van der Waals surface area contributed by atoms with Crippen molar-refractivity contribution in [1.29, 1.82) is 0 Å². The van der Waals surface area contributed by atoms with Crippen LogP contribution in [0, 0.1) is 0 Å². The molecule has 0 radical (unpaired) electrons. The van der Waals surface area contributed by atoms with Gasteiger partial charge in [-0.3, -0.25) is 91.8 Å². The van der Waals surface area contributed by atoms with E-state index >= 15 is 0 Å². The van der Waals surface area contributed by atoms with E-state index in [1.807, 2.05) is 61.5 Å². The molecule has 0 saturated carbocycles. The molecule has 4 aliphatic heterocycles. The Labute approximate surface area is 762 Å². The van der Waals surface area contributed by atoms with Crippen LogP contribution in [0.1, 0.15) is 159 Å². The van der Waals surface area contributed by atoms with E-state index in [0.29, 0.717) is 134 Å². The summed E-state index contributed by atoms with van der Waals surface area (Å²) in [5.41, 5.74) is 9.11. The zero-order valence-electron chi connectivity index (χ0n) is 73.9. The highest BCUT2D eigenvalue weighted by molar-refractivity contribution is 7.86. The number of rotatable bonds is 44. The number of amides is 6. The molecular weight excluding hydrogens is 1790 g/mol. The lowest BCUT2D eigenvalue weighted by Crippen LogP contribution is -2.52. The fourth-order valence-corrected chi connectivity index (χ4v) is 18.7. The molecule has 4 aromatic carbocycles. The van der Waals surface area contributed by atoms with Crippen molar-refractivity contribution in [2.75, 3.05) is 127 Å². The van der Waals surface area contributed by atoms with Crippen LogP contribution < -0.4 is 41.8 Å². The summed E-state index contributed by atoms with van der Waals surface area (Å²) in [4.78, 5) is 126. The third-order valence-corrected chi connectivity index (χ3v) is 27.0. The monoisotopic (exact) mass is 1900 g/mol. The second-order valence-corrected chi connectivity index (χ2v) is 40.0. The average Bonchev–Trinajstić information content (AvgIpc) is 1.59. The SMILES string of the molecule is C[C@@H](NC(=O)c1ccc(NNC(=O)CCCNC(=O)[C@@H](CCCCNC(=O)CCCCC[N+]2=C(/C=C/C3=C(Oc4ccc(S(=O)(=O)O)cc4)C(=C/C=C4/N(CCCCS(=O)(=O)O)c5ccc(S(=O)(=O)O)cc5C4(C)C)/CCC3)C(C)(C)c3cc(S(=O)(=O)O)ccc32)NC(=O)CN2CCN(CC(=O)O)CCN(CC(=O)O)CCN(CC(=O)O)CC2)cc1)C(=O)N1CCC[C@H]1B(O)O. The number of unbranched alkanes of at least 4 members (excludes halogenated alkanes) is 4. The van der Waals surface area contributed by atoms with Crippen LogP contribution in [0.5, 0.6) is 5.75 Å². The number of aliphatic carboxylic acids is 3. The van der Waals surface area contributed by atoms with E-state index in [9.17, 15) is 120 Å². The summed E-state index contributed by atoms with van der Waals surface area (Å²) in [7, 11) is -20.0. The summed E-state index contributed by atoms with van der Waals surface area (Å²) < 4.78 is 147. The van der Waals surface area contributed by atoms with Crippen molar-refractivity contribution in [3.8, 4) is 5.75 Å². The van der Waals surface area contributed by atoms with Gasteiger partial charge in [0.05, 0.1) is 63.7 Å². The first-order valence-electron chi connectivity index (χ1n) is 43.4. The van der Waals surface area contributed by atoms with Crippen LogP contribution in [0.4, 0.5) is 17.1 Å². The molecule has 4 aromatic rings. The standard InChI is InChI=1S/C86H118BN13O27S4/c1-58(84(112)100-42-15-19-74(100)87(113)114)90-82(110)61-22-26-62(27-23-61)92-93-76(102)21-14-39-89-83(111)69(91-77(103)54-94-43-45-95(55-78(104)105)47-49-97(57-80(108)109)50-48-96(46-44-94)56-79(106)107)18-8-9-38-88-75(101)20-7-6-10-40-98-70-34-32-65(130(121,122)123)52-67(70)85(2,3)72(98)36-24-59-16-13-17-60(81(59)127-63-28-30-64(31-29-63)129(118,119)120)25-37-73-86(4,5)68-53-66(131(124,125)126)33-35-71(68)99(73)41-11-12-51-128(115,116)117/h22-37,52-53,58,69,74,113-114H,6-21,38-51,54-57H2,1-5H3,(H12-,88,89,90,91,92,93,101,102,103,104,105,106,107,108,109,110,111,115,116,117,118,119,120,121,122,123,124,125,126)/p+1/t58-,69-,74+/m1/s1. The molecule has 45 heteroatoms. The number of hydrogen-bond acceptors (Lipinski definition) is 26. The van der Waals surface area contributed by atoms with Gasteiger partial charge in [0.2, 0.25) is 35.2 Å². The number of hydrogen-bond donors (Lipinski definition) is 15. The molecule has 4 heterocycles. The number of likely N-dealkylation sites (tertiary alicyclic amines) is 1. The molecule has 2 saturated heterocycles. The van der Waals surface area contributed by atoms with Crippen molar-refractivity contribution in [3.05, 3.63) is 149 Å². The molecule has 15 N–H and O–H groups in total. The first-order chi connectivity index (χ1) is 61.7. The molecule has 3 atom stereocenters. The first kappa shape index (κ1) is 104. The number of allylic oxidation sites excluding steroid dienone is 7. The number of carbonyl (C=O) groups is 9. The number of fused-ring (bicyclic) bond motifs is 2. The van der Waals surface area contributed by atoms with Gasteiger partial charge in [-0.1, -0.05) is 19.9 Å². The van der Waals surface area contributed by atoms with E-state index in [-0.39, 0.29) is 156 Å². The maximum atomic E-state index is 14.2. The van der Waals surface area contributed by atoms with Gasteiger partial charge in [0.15, 0.2) is 5.71 Å². The van der Waals surface area contributed by atoms with Gasteiger partial charge < -0.3 is 61.2 Å². The van der Waals surface area contributed by atoms with Crippen LogP contribution in [-0.4, -0.2) is 308 Å². The fraction of sp³-hybridized carbons (Fsp3) is 0.512. The van der Waals surface area contributed by atoms with Gasteiger partial charge >= 0.3 is 25.0 Å². The molecule has 716 valence electrons. The minimum Gasteiger partial charge on any atom is -0.480 e. The Morgan fingerprint density at radius 3 is 1.71 bits per heavy atom. The highest BCUT2D eigenvalue weighted by Crippen LogP contribution is 2.49. The van der Waals surface area contributed by atoms with Crippen molar-refractivity contribution >= 4 is 124 Å². The molecule has 6 amide bonds. The van der Waals surface area contributed by atoms with Gasteiger partial charge in [-0.15, -0.1) is 0 Å². The first-order valence-corrected chi connectivity index (χ1v) is 49.3. The predicted octanol–water partition coefficient (Wildman–Crippen LogP) is 4.12. The van der Waals surface area contributed by atoms with E-state index < -0.39 is 143 Å². The maximum Gasteiger partial charge on any atom is 0.475 e. The molecule has 5 aliphatic rings. The second kappa shape index (κ2) is 46.8. The lowest BCUT2D eigenvalue weighted by Gasteiger charge is -2.33. The minimum absolute atomic E-state index is 0.0179. The topological polar surface area (TPSA) is 576 Å².